The van der Waals surface area contributed by atoms with Crippen LogP contribution in [0.25, 0.3) is 0 Å². The fourth-order valence-electron chi connectivity index (χ4n) is 4.16. The van der Waals surface area contributed by atoms with Gasteiger partial charge >= 0.3 is 12.1 Å². The van der Waals surface area contributed by atoms with E-state index in [-0.39, 0.29) is 122 Å². The molecule has 4 unspecified atom stereocenters. The predicted octanol–water partition coefficient (Wildman–Crippen LogP) is -2.50. The summed E-state index contributed by atoms with van der Waals surface area (Å²) in [6, 6.07) is 0. The molecule has 0 saturated carbocycles. The first-order valence-electron chi connectivity index (χ1n) is 16.5. The number of rotatable bonds is 29. The summed E-state index contributed by atoms with van der Waals surface area (Å²) >= 11 is 0.875. The molecule has 292 valence electrons. The maximum atomic E-state index is 12.4. The summed E-state index contributed by atoms with van der Waals surface area (Å²) in [7, 11) is 1.38. The number of imide groups is 1. The zero-order chi connectivity index (χ0) is 38.0. The number of nitrogens with zero attached hydrogens (tertiary/aromatic N) is 1. The van der Waals surface area contributed by atoms with E-state index in [1.54, 1.807) is 0 Å². The van der Waals surface area contributed by atoms with Crippen molar-refractivity contribution in [1.82, 2.24) is 26.2 Å². The fourth-order valence-corrected chi connectivity index (χ4v) is 5.00. The molecule has 0 aromatic heterocycles. The van der Waals surface area contributed by atoms with Crippen molar-refractivity contribution in [1.29, 1.82) is 0 Å². The normalized spacial score (nSPS) is 15.9. The number of aliphatic hydroxyl groups excluding tert-OH is 1. The van der Waals surface area contributed by atoms with Crippen LogP contribution in [-0.2, 0) is 52.5 Å². The highest BCUT2D eigenvalue weighted by Crippen LogP contribution is 2.24. The molecule has 51 heavy (non-hydrogen) atoms. The Labute approximate surface area is 300 Å². The molecule has 0 aromatic carbocycles. The van der Waals surface area contributed by atoms with Gasteiger partial charge in [-0.2, -0.15) is 0 Å². The Bertz CT molecular complexity index is 1120. The van der Waals surface area contributed by atoms with Gasteiger partial charge in [-0.3, -0.25) is 28.9 Å². The second-order valence-corrected chi connectivity index (χ2v) is 12.1. The molecule has 0 aliphatic carbocycles. The number of carboxylic acids is 1. The molecule has 21 heteroatoms. The highest BCUT2D eigenvalue weighted by atomic mass is 32.2. The highest BCUT2D eigenvalue weighted by Gasteiger charge is 2.38. The molecule has 4 atom stereocenters. The number of methoxy groups -OCH3 is 1. The Morgan fingerprint density at radius 3 is 2.16 bits per heavy atom. The summed E-state index contributed by atoms with van der Waals surface area (Å²) in [5.41, 5.74) is 5.42. The number of nitrogens with one attached hydrogen (secondary N) is 4. The number of nitrogens with two attached hydrogens (primary N) is 1. The van der Waals surface area contributed by atoms with E-state index >= 15 is 0 Å². The minimum Gasteiger partial charge on any atom is -0.479 e. The molecule has 20 nitrogen and oxygen atoms in total. The number of carbonyl (C=O) groups is 7. The van der Waals surface area contributed by atoms with Crippen LogP contribution < -0.4 is 27.0 Å². The van der Waals surface area contributed by atoms with Crippen LogP contribution >= 0.6 is 11.8 Å². The first-order valence-corrected chi connectivity index (χ1v) is 17.6. The average molecular weight is 753 g/mol. The van der Waals surface area contributed by atoms with Crippen molar-refractivity contribution in [3.05, 3.63) is 0 Å². The lowest BCUT2D eigenvalue weighted by Crippen LogP contribution is -2.37. The van der Waals surface area contributed by atoms with Gasteiger partial charge < -0.3 is 60.9 Å². The Balaban J connectivity index is 1.99. The number of carboxylic acid groups (broad SMARTS) is 1. The number of carbonyl (C=O) groups excluding carboxylic acids is 6. The monoisotopic (exact) mass is 752 g/mol. The average Bonchev–Trinajstić information content (AvgIpc) is 3.38. The molecule has 1 aliphatic rings. The van der Waals surface area contributed by atoms with Gasteiger partial charge in [-0.1, -0.05) is 6.92 Å². The summed E-state index contributed by atoms with van der Waals surface area (Å²) in [6.45, 7) is 2.79. The van der Waals surface area contributed by atoms with E-state index in [0.717, 1.165) is 16.7 Å². The van der Waals surface area contributed by atoms with E-state index in [2.05, 4.69) is 21.3 Å². The second-order valence-electron chi connectivity index (χ2n) is 10.9. The lowest BCUT2D eigenvalue weighted by molar-refractivity contribution is -0.181. The number of amides is 6. The SMILES string of the molecule is CCC(CO)OC(COC(=O)NCCC(=O)NCCNC(=O)CCOCCOCCNC(=O)CCN1C(=O)CC(CSC(N)C(=O)O)C1=O)OC. The predicted molar refractivity (Wildman–Crippen MR) is 180 cm³/mol. The number of hydrogen-bond acceptors (Lipinski definition) is 15. The molecule has 1 fully saturated rings. The van der Waals surface area contributed by atoms with Crippen LogP contribution in [0, 0.1) is 5.92 Å². The van der Waals surface area contributed by atoms with E-state index in [1.165, 1.54) is 7.11 Å². The molecule has 1 aliphatic heterocycles. The van der Waals surface area contributed by atoms with Crippen molar-refractivity contribution in [3.8, 4) is 0 Å². The number of likely N-dealkylation sites (tertiary alicyclic amines) is 1. The standard InChI is InChI=1S/C30H52N6O14S/c1-3-21(17-37)50-26(46-2)18-49-30(45)35-7-4-22(38)32-8-9-33-24(40)6-12-47-14-15-48-13-10-34-23(39)5-11-36-25(41)16-20(28(36)42)19-51-27(31)29(43)44/h20-21,26-27,37H,3-19,31H2,1-2H3,(H,32,38)(H,33,40)(H,34,39)(H,35,45)(H,43,44). The largest absolute Gasteiger partial charge is 0.479 e. The van der Waals surface area contributed by atoms with Crippen molar-refractivity contribution >= 4 is 53.4 Å². The summed E-state index contributed by atoms with van der Waals surface area (Å²) < 4.78 is 26.2. The lowest BCUT2D eigenvalue weighted by Gasteiger charge is -2.21. The second kappa shape index (κ2) is 27.1. The van der Waals surface area contributed by atoms with Gasteiger partial charge in [0, 0.05) is 71.3 Å². The Morgan fingerprint density at radius 2 is 1.53 bits per heavy atom. The van der Waals surface area contributed by atoms with Crippen LogP contribution in [0.5, 0.6) is 0 Å². The number of hydrogen-bond donors (Lipinski definition) is 7. The highest BCUT2D eigenvalue weighted by molar-refractivity contribution is 8.00. The van der Waals surface area contributed by atoms with Crippen molar-refractivity contribution in [2.75, 3.05) is 85.2 Å². The minimum atomic E-state index is -1.21. The van der Waals surface area contributed by atoms with Crippen molar-refractivity contribution < 1.29 is 67.5 Å². The molecule has 1 heterocycles. The van der Waals surface area contributed by atoms with E-state index < -0.39 is 47.6 Å². The minimum absolute atomic E-state index is 0.00273. The molecule has 1 rings (SSSR count). The summed E-state index contributed by atoms with van der Waals surface area (Å²) in [5.74, 6) is -3.61. The molecular formula is C30H52N6O14S. The van der Waals surface area contributed by atoms with Gasteiger partial charge in [0.25, 0.3) is 0 Å². The van der Waals surface area contributed by atoms with Gasteiger partial charge in [0.2, 0.25) is 29.5 Å². The van der Waals surface area contributed by atoms with Gasteiger partial charge in [-0.15, -0.1) is 11.8 Å². The van der Waals surface area contributed by atoms with Gasteiger partial charge in [0.15, 0.2) is 6.29 Å². The smallest absolute Gasteiger partial charge is 0.407 e. The summed E-state index contributed by atoms with van der Waals surface area (Å²) in [6.07, 6.45) is -1.51. The summed E-state index contributed by atoms with van der Waals surface area (Å²) in [4.78, 5) is 84.1. The van der Waals surface area contributed by atoms with Crippen LogP contribution in [0.2, 0.25) is 0 Å². The van der Waals surface area contributed by atoms with Crippen LogP contribution in [0.3, 0.4) is 0 Å². The molecular weight excluding hydrogens is 700 g/mol. The zero-order valence-electron chi connectivity index (χ0n) is 29.1. The first-order chi connectivity index (χ1) is 24.4. The third-order valence-corrected chi connectivity index (χ3v) is 8.20. The van der Waals surface area contributed by atoms with Crippen LogP contribution in [-0.4, -0.2) is 160 Å². The van der Waals surface area contributed by atoms with Crippen LogP contribution in [0.4, 0.5) is 4.79 Å². The van der Waals surface area contributed by atoms with E-state index in [1.807, 2.05) is 6.92 Å². The quantitative estimate of drug-likeness (QED) is 0.0236. The molecule has 0 radical (unpaired) electrons. The molecule has 0 aromatic rings. The molecule has 0 spiro atoms. The third-order valence-electron chi connectivity index (χ3n) is 7.04. The Morgan fingerprint density at radius 1 is 0.902 bits per heavy atom. The Kier molecular flexibility index (Phi) is 24.1. The number of alkyl carbamates (subject to hydrolysis) is 1. The Hall–Kier alpha value is -3.60. The first kappa shape index (κ1) is 45.4. The molecule has 1 saturated heterocycles. The number of aliphatic hydroxyl groups is 1. The fraction of sp³-hybridized carbons (Fsp3) is 0.767. The lowest BCUT2D eigenvalue weighted by atomic mass is 10.1. The van der Waals surface area contributed by atoms with E-state index in [0.29, 0.717) is 6.42 Å². The van der Waals surface area contributed by atoms with Crippen molar-refractivity contribution in [2.45, 2.75) is 56.8 Å². The number of ether oxygens (including phenoxy) is 5. The topological polar surface area (TPSA) is 283 Å². The van der Waals surface area contributed by atoms with Crippen LogP contribution in [0.1, 0.15) is 39.0 Å². The van der Waals surface area contributed by atoms with E-state index in [9.17, 15) is 38.7 Å². The van der Waals surface area contributed by atoms with Gasteiger partial charge in [-0.25, -0.2) is 9.59 Å². The zero-order valence-corrected chi connectivity index (χ0v) is 29.9. The third kappa shape index (κ3) is 20.7. The van der Waals surface area contributed by atoms with Crippen molar-refractivity contribution in [3.63, 3.8) is 0 Å². The number of thioether (sulfide) groups is 1. The van der Waals surface area contributed by atoms with Gasteiger partial charge in [0.1, 0.15) is 12.0 Å². The van der Waals surface area contributed by atoms with Gasteiger partial charge in [0.05, 0.1) is 45.1 Å². The maximum absolute atomic E-state index is 12.4. The van der Waals surface area contributed by atoms with Gasteiger partial charge in [-0.05, 0) is 6.42 Å². The van der Waals surface area contributed by atoms with Crippen LogP contribution in [0.15, 0.2) is 0 Å². The summed E-state index contributed by atoms with van der Waals surface area (Å²) in [5, 5.41) is 27.2. The molecule has 6 amide bonds. The molecule has 0 bridgehead atoms. The number of aliphatic carboxylic acids is 1. The van der Waals surface area contributed by atoms with Crippen molar-refractivity contribution in [2.24, 2.45) is 11.7 Å². The van der Waals surface area contributed by atoms with E-state index in [4.69, 9.17) is 34.5 Å². The maximum Gasteiger partial charge on any atom is 0.407 e. The molecule has 8 N–H and O–H groups in total.